The van der Waals surface area contributed by atoms with E-state index in [1.54, 1.807) is 12.1 Å². The first-order valence-corrected chi connectivity index (χ1v) is 17.2. The monoisotopic (exact) mass is 712 g/mol. The fraction of sp³-hybridized carbons (Fsp3) is 0.542. The molecule has 21 nitrogen and oxygen atoms in total. The van der Waals surface area contributed by atoms with E-state index in [2.05, 4.69) is 16.0 Å². The highest BCUT2D eigenvalue weighted by Crippen LogP contribution is 2.58. The molecule has 1 unspecified atom stereocenters. The minimum absolute atomic E-state index is 0.0494. The zero-order valence-electron chi connectivity index (χ0n) is 24.8. The van der Waals surface area contributed by atoms with Crippen LogP contribution < -0.4 is 21.3 Å². The molecule has 0 saturated carbocycles. The number of benzene rings is 1. The van der Waals surface area contributed by atoms with Crippen molar-refractivity contribution in [2.45, 2.75) is 23.5 Å². The van der Waals surface area contributed by atoms with Crippen molar-refractivity contribution in [1.82, 2.24) is 25.8 Å². The summed E-state index contributed by atoms with van der Waals surface area (Å²) in [4.78, 5) is 98.5. The number of nitrogens with one attached hydrogen (secondary N) is 4. The number of amides is 1. The summed E-state index contributed by atoms with van der Waals surface area (Å²) >= 11 is 0. The molecule has 1 atom stereocenters. The number of hydrogen-bond acceptors (Lipinski definition) is 12. The maximum atomic E-state index is 12.2. The van der Waals surface area contributed by atoms with Crippen molar-refractivity contribution in [2.24, 2.45) is 0 Å². The Kier molecular flexibility index (Phi) is 14.6. The minimum Gasteiger partial charge on any atom is -0.480 e. The molecule has 23 heteroatoms. The Morgan fingerprint density at radius 1 is 0.851 bits per heavy atom. The average Bonchev–Trinajstić information content (AvgIpc) is 2.91. The van der Waals surface area contributed by atoms with Gasteiger partial charge in [0.05, 0.1) is 13.1 Å². The van der Waals surface area contributed by atoms with E-state index in [9.17, 15) is 53.5 Å². The fourth-order valence-electron chi connectivity index (χ4n) is 4.82. The summed E-state index contributed by atoms with van der Waals surface area (Å²) in [6.07, 6.45) is 0.329. The topological polar surface area (TPSA) is 336 Å². The van der Waals surface area contributed by atoms with E-state index in [0.717, 1.165) is 10.5 Å². The van der Waals surface area contributed by atoms with Crippen LogP contribution in [0.4, 0.5) is 5.69 Å². The number of nitrogens with zero attached hydrogens (tertiary/aromatic N) is 2. The highest BCUT2D eigenvalue weighted by molar-refractivity contribution is 7.70. The lowest BCUT2D eigenvalue weighted by Crippen LogP contribution is -2.67. The molecule has 1 aromatic carbocycles. The minimum atomic E-state index is -5.28. The van der Waals surface area contributed by atoms with Gasteiger partial charge in [0, 0.05) is 57.5 Å². The summed E-state index contributed by atoms with van der Waals surface area (Å²) < 4.78 is 22.7. The third-order valence-electron chi connectivity index (χ3n) is 7.06. The molecular formula is C24H38N6O15P2. The number of rotatable bonds is 14. The molecule has 12 N–H and O–H groups in total. The highest BCUT2D eigenvalue weighted by atomic mass is 31.2. The van der Waals surface area contributed by atoms with Gasteiger partial charge in [-0.3, -0.25) is 33.8 Å². The van der Waals surface area contributed by atoms with Crippen molar-refractivity contribution >= 4 is 50.7 Å². The summed E-state index contributed by atoms with van der Waals surface area (Å²) in [6, 6.07) is 5.86. The largest absolute Gasteiger partial charge is 0.480 e. The predicted molar refractivity (Wildman–Crippen MR) is 161 cm³/mol. The Morgan fingerprint density at radius 2 is 1.43 bits per heavy atom. The first-order valence-electron chi connectivity index (χ1n) is 13.8. The molecule has 264 valence electrons. The summed E-state index contributed by atoms with van der Waals surface area (Å²) in [7, 11) is -10.6. The van der Waals surface area contributed by atoms with Gasteiger partial charge in [0.25, 0.3) is 0 Å². The Morgan fingerprint density at radius 3 is 1.94 bits per heavy atom. The lowest BCUT2D eigenvalue weighted by atomic mass is 9.97. The lowest BCUT2D eigenvalue weighted by Gasteiger charge is -2.36. The number of aliphatic carboxylic acids is 4. The molecule has 1 aliphatic rings. The molecule has 1 aromatic rings. The second kappa shape index (κ2) is 17.2. The van der Waals surface area contributed by atoms with Crippen LogP contribution in [-0.2, 0) is 39.5 Å². The van der Waals surface area contributed by atoms with Crippen molar-refractivity contribution in [3.05, 3.63) is 29.8 Å². The van der Waals surface area contributed by atoms with Crippen LogP contribution in [0.15, 0.2) is 24.3 Å². The van der Waals surface area contributed by atoms with Gasteiger partial charge in [0.15, 0.2) is 0 Å². The number of carboxylic acid groups (broad SMARTS) is 4. The van der Waals surface area contributed by atoms with E-state index in [0.29, 0.717) is 13.0 Å². The van der Waals surface area contributed by atoms with Gasteiger partial charge in [-0.15, -0.1) is 0 Å². The molecular weight excluding hydrogens is 674 g/mol. The van der Waals surface area contributed by atoms with E-state index in [1.165, 1.54) is 17.0 Å². The van der Waals surface area contributed by atoms with E-state index >= 15 is 0 Å². The lowest BCUT2D eigenvalue weighted by molar-refractivity contribution is -0.179. The normalized spacial score (nSPS) is 18.1. The van der Waals surface area contributed by atoms with Gasteiger partial charge in [-0.05, 0) is 24.1 Å². The Bertz CT molecular complexity index is 1330. The van der Waals surface area contributed by atoms with Crippen LogP contribution in [0.25, 0.3) is 0 Å². The highest BCUT2D eigenvalue weighted by Gasteiger charge is 2.59. The van der Waals surface area contributed by atoms with E-state index in [4.69, 9.17) is 19.6 Å². The average molecular weight is 713 g/mol. The van der Waals surface area contributed by atoms with Crippen LogP contribution in [0.2, 0.25) is 0 Å². The van der Waals surface area contributed by atoms with Crippen LogP contribution in [0.3, 0.4) is 0 Å². The van der Waals surface area contributed by atoms with Gasteiger partial charge in [-0.1, -0.05) is 12.1 Å². The van der Waals surface area contributed by atoms with E-state index in [1.807, 2.05) is 5.32 Å². The molecule has 1 saturated heterocycles. The maximum absolute atomic E-state index is 12.2. The zero-order valence-corrected chi connectivity index (χ0v) is 26.5. The first-order chi connectivity index (χ1) is 21.8. The first kappa shape index (κ1) is 39.8. The quantitative estimate of drug-likeness (QED) is 0.0662. The van der Waals surface area contributed by atoms with Crippen LogP contribution in [0.5, 0.6) is 0 Å². The van der Waals surface area contributed by atoms with Crippen molar-refractivity contribution in [3.63, 3.8) is 0 Å². The van der Waals surface area contributed by atoms with Crippen molar-refractivity contribution < 1.29 is 73.1 Å². The number of carbonyl (C=O) groups is 5. The smallest absolute Gasteiger partial charge is 0.354 e. The standard InChI is InChI=1S/C24H38N6O15P2/c31-18(13-27-23(46(40,41)42)47(43,44)45)28-16-3-1-15(2-4-16)11-17-12-25-5-7-29(14-19(32)33)9-10-30(8-6-26-17)24(20(34)35,21(36)37)22(38)39/h1-4,17,23,25-27H,5-14H2,(H,28,31)(H,32,33)(H,34,35)(H,36,37)(H,38,39)(H2,40,41,42)(H2,43,44,45). The van der Waals surface area contributed by atoms with Gasteiger partial charge in [-0.2, -0.15) is 0 Å². The van der Waals surface area contributed by atoms with Gasteiger partial charge in [0.1, 0.15) is 0 Å². The Labute approximate surface area is 267 Å². The van der Waals surface area contributed by atoms with Crippen molar-refractivity contribution in [2.75, 3.05) is 64.2 Å². The summed E-state index contributed by atoms with van der Waals surface area (Å²) in [5.41, 5.74) is -4.92. The second-order valence-electron chi connectivity index (χ2n) is 10.5. The molecule has 0 aliphatic carbocycles. The summed E-state index contributed by atoms with van der Waals surface area (Å²) in [5, 5.41) is 49.1. The molecule has 1 heterocycles. The van der Waals surface area contributed by atoms with Crippen LogP contribution in [-0.4, -0.2) is 156 Å². The van der Waals surface area contributed by atoms with Gasteiger partial charge in [-0.25, -0.2) is 14.4 Å². The molecule has 0 aromatic heterocycles. The molecule has 2 rings (SSSR count). The Balaban J connectivity index is 2.16. The fourth-order valence-corrected chi connectivity index (χ4v) is 7.04. The number of anilines is 1. The van der Waals surface area contributed by atoms with Gasteiger partial charge in [0.2, 0.25) is 11.4 Å². The van der Waals surface area contributed by atoms with Gasteiger partial charge >= 0.3 is 44.6 Å². The van der Waals surface area contributed by atoms with Crippen LogP contribution >= 0.6 is 15.2 Å². The van der Waals surface area contributed by atoms with E-state index in [-0.39, 0.29) is 51.0 Å². The molecule has 47 heavy (non-hydrogen) atoms. The molecule has 0 spiro atoms. The predicted octanol–water partition coefficient (Wildman–Crippen LogP) is -3.36. The summed E-state index contributed by atoms with van der Waals surface area (Å²) in [5.74, 6) is -8.38. The van der Waals surface area contributed by atoms with Crippen molar-refractivity contribution in [1.29, 1.82) is 0 Å². The van der Waals surface area contributed by atoms with Crippen LogP contribution in [0.1, 0.15) is 5.56 Å². The molecule has 0 radical (unpaired) electrons. The number of carbonyl (C=O) groups excluding carboxylic acids is 1. The third-order valence-corrected chi connectivity index (χ3v) is 10.5. The second-order valence-corrected chi connectivity index (χ2v) is 14.3. The SMILES string of the molecule is O=C(O)CN1CCNCC(Cc2ccc(NC(=O)CNC(P(=O)(O)O)P(=O)(O)O)cc2)NCCN(C(C(=O)O)(C(=O)O)C(=O)O)CC1. The Hall–Kier alpha value is -3.33. The van der Waals surface area contributed by atoms with Crippen LogP contribution in [0, 0.1) is 0 Å². The molecule has 1 aliphatic heterocycles. The number of carboxylic acids is 4. The third kappa shape index (κ3) is 11.7. The molecule has 1 amide bonds. The van der Waals surface area contributed by atoms with E-state index < -0.39 is 69.1 Å². The molecule has 0 bridgehead atoms. The summed E-state index contributed by atoms with van der Waals surface area (Å²) in [6.45, 7) is -1.41. The van der Waals surface area contributed by atoms with Crippen molar-refractivity contribution in [3.8, 4) is 0 Å². The van der Waals surface area contributed by atoms with Gasteiger partial charge < -0.3 is 56.0 Å². The number of hydrogen-bond donors (Lipinski definition) is 12. The molecule has 1 fully saturated rings. The maximum Gasteiger partial charge on any atom is 0.354 e. The zero-order chi connectivity index (χ0) is 35.6.